The smallest absolute Gasteiger partial charge is 0.239 e. The highest BCUT2D eigenvalue weighted by atomic mass is 15.3. The zero-order valence-corrected chi connectivity index (χ0v) is 8.29. The minimum Gasteiger partial charge on any atom is -0.367 e. The van der Waals surface area contributed by atoms with Crippen molar-refractivity contribution >= 4 is 5.95 Å². The lowest BCUT2D eigenvalue weighted by Crippen LogP contribution is -2.27. The molecule has 2 rings (SSSR count). The normalized spacial score (nSPS) is 18.6. The molecular weight excluding hydrogens is 178 g/mol. The molecule has 0 saturated carbocycles. The Labute approximate surface area is 83.5 Å². The number of aromatic nitrogens is 3. The fourth-order valence-corrected chi connectivity index (χ4v) is 1.93. The molecule has 0 aliphatic carbocycles. The zero-order chi connectivity index (χ0) is 9.80. The van der Waals surface area contributed by atoms with Crippen molar-refractivity contribution in [3.63, 3.8) is 0 Å². The zero-order valence-electron chi connectivity index (χ0n) is 8.29. The van der Waals surface area contributed by atoms with Crippen LogP contribution in [0.2, 0.25) is 0 Å². The van der Waals surface area contributed by atoms with E-state index in [0.29, 0.717) is 5.95 Å². The van der Waals surface area contributed by atoms with Crippen molar-refractivity contribution in [1.82, 2.24) is 20.5 Å². The van der Waals surface area contributed by atoms with Crippen molar-refractivity contribution in [2.75, 3.05) is 18.8 Å². The number of piperidine rings is 1. The Morgan fingerprint density at radius 1 is 1.36 bits per heavy atom. The lowest BCUT2D eigenvalue weighted by molar-refractivity contribution is 0.352. The Morgan fingerprint density at radius 2 is 2.14 bits per heavy atom. The van der Waals surface area contributed by atoms with Gasteiger partial charge in [0, 0.05) is 6.42 Å². The van der Waals surface area contributed by atoms with Crippen molar-refractivity contribution in [2.45, 2.75) is 25.7 Å². The van der Waals surface area contributed by atoms with E-state index in [0.717, 1.165) is 31.3 Å². The number of nitrogen functional groups attached to an aromatic ring is 1. The first kappa shape index (κ1) is 9.45. The molecule has 1 aromatic rings. The van der Waals surface area contributed by atoms with E-state index < -0.39 is 0 Å². The number of rotatable bonds is 3. The van der Waals surface area contributed by atoms with E-state index in [2.05, 4.69) is 20.5 Å². The number of nitrogens with two attached hydrogens (primary N) is 1. The maximum Gasteiger partial charge on any atom is 0.239 e. The summed E-state index contributed by atoms with van der Waals surface area (Å²) in [7, 11) is 0. The van der Waals surface area contributed by atoms with Crippen LogP contribution in [0.4, 0.5) is 5.95 Å². The molecule has 2 heterocycles. The molecule has 0 amide bonds. The van der Waals surface area contributed by atoms with Crippen LogP contribution in [0.25, 0.3) is 0 Å². The van der Waals surface area contributed by atoms with Crippen molar-refractivity contribution in [2.24, 2.45) is 5.92 Å². The van der Waals surface area contributed by atoms with Gasteiger partial charge in [-0.25, -0.2) is 0 Å². The van der Waals surface area contributed by atoms with E-state index in [1.165, 1.54) is 19.3 Å². The topological polar surface area (TPSA) is 79.6 Å². The van der Waals surface area contributed by atoms with Crippen LogP contribution < -0.4 is 11.1 Å². The molecule has 1 aliphatic heterocycles. The Balaban J connectivity index is 1.76. The van der Waals surface area contributed by atoms with E-state index in [1.807, 2.05) is 0 Å². The average Bonchev–Trinajstić information content (AvgIpc) is 2.63. The van der Waals surface area contributed by atoms with Gasteiger partial charge in [0.2, 0.25) is 5.95 Å². The van der Waals surface area contributed by atoms with E-state index in [4.69, 9.17) is 5.73 Å². The highest BCUT2D eigenvalue weighted by Gasteiger charge is 2.13. The Hall–Kier alpha value is -1.10. The third-order valence-corrected chi connectivity index (χ3v) is 2.80. The first-order valence-corrected chi connectivity index (χ1v) is 5.22. The molecule has 1 aromatic heterocycles. The van der Waals surface area contributed by atoms with Gasteiger partial charge in [-0.15, -0.1) is 5.10 Å². The van der Waals surface area contributed by atoms with Crippen LogP contribution in [0, 0.1) is 5.92 Å². The molecule has 0 aromatic carbocycles. The Bertz CT molecular complexity index is 276. The standard InChI is InChI=1S/C9H17N5/c10-9-12-8(13-14-9)2-1-7-3-5-11-6-4-7/h7,11H,1-6H2,(H3,10,12,13,14). The van der Waals surface area contributed by atoms with Crippen molar-refractivity contribution in [3.05, 3.63) is 5.82 Å². The summed E-state index contributed by atoms with van der Waals surface area (Å²) in [5.74, 6) is 2.11. The van der Waals surface area contributed by atoms with Crippen LogP contribution in [-0.2, 0) is 6.42 Å². The van der Waals surface area contributed by atoms with Gasteiger partial charge in [-0.1, -0.05) is 0 Å². The van der Waals surface area contributed by atoms with Gasteiger partial charge < -0.3 is 11.1 Å². The molecule has 0 unspecified atom stereocenters. The van der Waals surface area contributed by atoms with Crippen LogP contribution in [-0.4, -0.2) is 28.3 Å². The predicted molar refractivity (Wildman–Crippen MR) is 54.7 cm³/mol. The Kier molecular flexibility index (Phi) is 2.98. The highest BCUT2D eigenvalue weighted by Crippen LogP contribution is 2.17. The van der Waals surface area contributed by atoms with Gasteiger partial charge in [-0.05, 0) is 38.3 Å². The number of nitrogens with zero attached hydrogens (tertiary/aromatic N) is 2. The third-order valence-electron chi connectivity index (χ3n) is 2.80. The first-order chi connectivity index (χ1) is 6.84. The lowest BCUT2D eigenvalue weighted by atomic mass is 9.93. The van der Waals surface area contributed by atoms with Gasteiger partial charge in [0.05, 0.1) is 0 Å². The number of anilines is 1. The molecule has 0 bridgehead atoms. The monoisotopic (exact) mass is 195 g/mol. The maximum atomic E-state index is 5.42. The molecule has 1 saturated heterocycles. The first-order valence-electron chi connectivity index (χ1n) is 5.22. The largest absolute Gasteiger partial charge is 0.367 e. The molecule has 1 aliphatic rings. The van der Waals surface area contributed by atoms with Crippen molar-refractivity contribution in [1.29, 1.82) is 0 Å². The Morgan fingerprint density at radius 3 is 2.79 bits per heavy atom. The summed E-state index contributed by atoms with van der Waals surface area (Å²) in [5.41, 5.74) is 5.42. The summed E-state index contributed by atoms with van der Waals surface area (Å²) in [6.07, 6.45) is 4.72. The van der Waals surface area contributed by atoms with Gasteiger partial charge in [0.1, 0.15) is 5.82 Å². The number of hydrogen-bond acceptors (Lipinski definition) is 4. The van der Waals surface area contributed by atoms with Gasteiger partial charge in [0.15, 0.2) is 0 Å². The number of H-pyrrole nitrogens is 1. The number of aromatic amines is 1. The summed E-state index contributed by atoms with van der Waals surface area (Å²) in [4.78, 5) is 4.09. The minimum absolute atomic E-state index is 0.352. The molecular formula is C9H17N5. The number of hydrogen-bond donors (Lipinski definition) is 3. The van der Waals surface area contributed by atoms with Crippen LogP contribution in [0.15, 0.2) is 0 Å². The van der Waals surface area contributed by atoms with Crippen LogP contribution >= 0.6 is 0 Å². The van der Waals surface area contributed by atoms with E-state index in [9.17, 15) is 0 Å². The quantitative estimate of drug-likeness (QED) is 0.649. The number of nitrogens with one attached hydrogen (secondary N) is 2. The molecule has 1 fully saturated rings. The second-order valence-electron chi connectivity index (χ2n) is 3.87. The van der Waals surface area contributed by atoms with Gasteiger partial charge in [-0.2, -0.15) is 4.98 Å². The van der Waals surface area contributed by atoms with E-state index in [1.54, 1.807) is 0 Å². The molecule has 5 nitrogen and oxygen atoms in total. The summed E-state index contributed by atoms with van der Waals surface area (Å²) in [6, 6.07) is 0. The second-order valence-corrected chi connectivity index (χ2v) is 3.87. The summed E-state index contributed by atoms with van der Waals surface area (Å²) >= 11 is 0. The molecule has 4 N–H and O–H groups in total. The highest BCUT2D eigenvalue weighted by molar-refractivity contribution is 5.12. The van der Waals surface area contributed by atoms with Crippen LogP contribution in [0.3, 0.4) is 0 Å². The van der Waals surface area contributed by atoms with E-state index in [-0.39, 0.29) is 0 Å². The summed E-state index contributed by atoms with van der Waals surface area (Å²) < 4.78 is 0. The molecule has 14 heavy (non-hydrogen) atoms. The molecule has 5 heteroatoms. The van der Waals surface area contributed by atoms with Crippen LogP contribution in [0.1, 0.15) is 25.1 Å². The van der Waals surface area contributed by atoms with Crippen LogP contribution in [0.5, 0.6) is 0 Å². The van der Waals surface area contributed by atoms with Gasteiger partial charge >= 0.3 is 0 Å². The minimum atomic E-state index is 0.352. The third kappa shape index (κ3) is 2.45. The summed E-state index contributed by atoms with van der Waals surface area (Å²) in [6.45, 7) is 2.31. The maximum absolute atomic E-state index is 5.42. The molecule has 78 valence electrons. The van der Waals surface area contributed by atoms with Gasteiger partial charge in [-0.3, -0.25) is 5.10 Å². The fourth-order valence-electron chi connectivity index (χ4n) is 1.93. The molecule has 0 atom stereocenters. The van der Waals surface area contributed by atoms with E-state index >= 15 is 0 Å². The fraction of sp³-hybridized carbons (Fsp3) is 0.778. The van der Waals surface area contributed by atoms with Gasteiger partial charge in [0.25, 0.3) is 0 Å². The molecule has 0 radical (unpaired) electrons. The summed E-state index contributed by atoms with van der Waals surface area (Å²) in [5, 5.41) is 10.0. The SMILES string of the molecule is Nc1n[nH]c(CCC2CCNCC2)n1. The average molecular weight is 195 g/mol. The number of aryl methyl sites for hydroxylation is 1. The van der Waals surface area contributed by atoms with Crippen molar-refractivity contribution in [3.8, 4) is 0 Å². The lowest BCUT2D eigenvalue weighted by Gasteiger charge is -2.21. The van der Waals surface area contributed by atoms with Crippen molar-refractivity contribution < 1.29 is 0 Å². The second kappa shape index (κ2) is 4.41. The molecule has 0 spiro atoms. The predicted octanol–water partition coefficient (Wildman–Crippen LogP) is 0.319.